The van der Waals surface area contributed by atoms with Crippen LogP contribution in [-0.2, 0) is 14.8 Å². The number of ether oxygens (including phenoxy) is 1. The van der Waals surface area contributed by atoms with E-state index in [2.05, 4.69) is 0 Å². The van der Waals surface area contributed by atoms with E-state index in [-0.39, 0.29) is 26.1 Å². The van der Waals surface area contributed by atoms with Crippen molar-refractivity contribution < 1.29 is 26.7 Å². The minimum absolute atomic E-state index is 0.0220. The molecule has 162 valence electrons. The van der Waals surface area contributed by atoms with Crippen molar-refractivity contribution in [2.75, 3.05) is 19.7 Å². The fourth-order valence-electron chi connectivity index (χ4n) is 3.67. The van der Waals surface area contributed by atoms with Gasteiger partial charge >= 0.3 is 0 Å². The molecule has 0 aliphatic carbocycles. The fraction of sp³-hybridized carbons (Fsp3) is 0.350. The maximum absolute atomic E-state index is 14.2. The van der Waals surface area contributed by atoms with Gasteiger partial charge in [0.2, 0.25) is 15.9 Å². The van der Waals surface area contributed by atoms with E-state index in [4.69, 9.17) is 22.1 Å². The second kappa shape index (κ2) is 8.87. The Labute approximate surface area is 178 Å². The summed E-state index contributed by atoms with van der Waals surface area (Å²) in [5.41, 5.74) is 4.53. The summed E-state index contributed by atoms with van der Waals surface area (Å²) in [6.45, 7) is 0.0701. The van der Waals surface area contributed by atoms with Crippen LogP contribution in [0.4, 0.5) is 8.78 Å². The van der Waals surface area contributed by atoms with E-state index in [0.717, 1.165) is 16.4 Å². The van der Waals surface area contributed by atoms with E-state index in [9.17, 15) is 22.0 Å². The number of hydrogen-bond donors (Lipinski definition) is 1. The van der Waals surface area contributed by atoms with Gasteiger partial charge < -0.3 is 10.5 Å². The molecule has 30 heavy (non-hydrogen) atoms. The van der Waals surface area contributed by atoms with Gasteiger partial charge in [0.1, 0.15) is 22.3 Å². The lowest BCUT2D eigenvalue weighted by molar-refractivity contribution is -0.121. The summed E-state index contributed by atoms with van der Waals surface area (Å²) in [4.78, 5) is 11.1. The van der Waals surface area contributed by atoms with Gasteiger partial charge in [-0.25, -0.2) is 17.2 Å². The summed E-state index contributed by atoms with van der Waals surface area (Å²) >= 11 is 5.96. The molecule has 2 N–H and O–H groups in total. The third-order valence-electron chi connectivity index (χ3n) is 5.03. The summed E-state index contributed by atoms with van der Waals surface area (Å²) in [5, 5.41) is 0.469. The molecule has 1 saturated heterocycles. The summed E-state index contributed by atoms with van der Waals surface area (Å²) in [6, 6.07) is 8.98. The highest BCUT2D eigenvalue weighted by Gasteiger charge is 2.42. The molecule has 1 aliphatic rings. The number of rotatable bonds is 7. The van der Waals surface area contributed by atoms with Crippen molar-refractivity contribution in [3.8, 4) is 5.75 Å². The van der Waals surface area contributed by atoms with Crippen molar-refractivity contribution in [3.63, 3.8) is 0 Å². The molecule has 1 atom stereocenters. The van der Waals surface area contributed by atoms with Gasteiger partial charge in [-0.3, -0.25) is 4.79 Å². The number of halogens is 3. The Kier molecular flexibility index (Phi) is 6.64. The SMILES string of the molecule is NC(=O)C[C@@]1(COc2cccc(Cl)c2)CCCN(S(=O)(=O)c2ccc(F)cc2F)C1. The average molecular weight is 459 g/mol. The molecule has 1 fully saturated rings. The standard InChI is InChI=1S/C20H21ClF2N2O4S/c21-14-3-1-4-16(9-14)29-13-20(11-19(24)26)7-2-8-25(12-20)30(27,28)18-6-5-15(22)10-17(18)23/h1,3-6,9-10H,2,7-8,11-13H2,(H2,24,26)/t20-/m0/s1. The first-order valence-corrected chi connectivity index (χ1v) is 11.1. The van der Waals surface area contributed by atoms with Crippen molar-refractivity contribution in [2.45, 2.75) is 24.2 Å². The van der Waals surface area contributed by atoms with Crippen LogP contribution < -0.4 is 10.5 Å². The molecule has 1 aliphatic heterocycles. The van der Waals surface area contributed by atoms with Gasteiger partial charge in [-0.2, -0.15) is 4.31 Å². The summed E-state index contributed by atoms with van der Waals surface area (Å²) in [7, 11) is -4.24. The zero-order valence-corrected chi connectivity index (χ0v) is 17.6. The van der Waals surface area contributed by atoms with Gasteiger partial charge in [0.15, 0.2) is 0 Å². The highest BCUT2D eigenvalue weighted by Crippen LogP contribution is 2.37. The Morgan fingerprint density at radius 1 is 1.23 bits per heavy atom. The van der Waals surface area contributed by atoms with E-state index in [0.29, 0.717) is 29.7 Å². The molecule has 6 nitrogen and oxygen atoms in total. The number of carbonyl (C=O) groups excluding carboxylic acids is 1. The molecule has 1 amide bonds. The number of piperidine rings is 1. The molecule has 0 aromatic heterocycles. The minimum atomic E-state index is -4.24. The number of sulfonamides is 1. The lowest BCUT2D eigenvalue weighted by Gasteiger charge is -2.41. The maximum atomic E-state index is 14.2. The second-order valence-corrected chi connectivity index (χ2v) is 9.75. The number of nitrogens with two attached hydrogens (primary N) is 1. The molecule has 0 spiro atoms. The Morgan fingerprint density at radius 2 is 2.00 bits per heavy atom. The van der Waals surface area contributed by atoms with Crippen LogP contribution in [0, 0.1) is 17.0 Å². The molecular formula is C20H21ClF2N2O4S. The van der Waals surface area contributed by atoms with Gasteiger partial charge in [0.05, 0.1) is 6.61 Å². The van der Waals surface area contributed by atoms with Crippen LogP contribution in [-0.4, -0.2) is 38.3 Å². The first-order valence-electron chi connectivity index (χ1n) is 9.23. The van der Waals surface area contributed by atoms with Gasteiger partial charge in [-0.1, -0.05) is 17.7 Å². The Bertz CT molecular complexity index is 1050. The molecule has 0 radical (unpaired) electrons. The first kappa shape index (κ1) is 22.5. The van der Waals surface area contributed by atoms with Crippen molar-refractivity contribution >= 4 is 27.5 Å². The summed E-state index contributed by atoms with van der Waals surface area (Å²) < 4.78 is 60.3. The number of amides is 1. The number of benzene rings is 2. The number of primary amides is 1. The van der Waals surface area contributed by atoms with Gasteiger partial charge in [0.25, 0.3) is 0 Å². The Balaban J connectivity index is 1.86. The normalized spacial score (nSPS) is 20.1. The quantitative estimate of drug-likeness (QED) is 0.689. The van der Waals surface area contributed by atoms with Gasteiger partial charge in [-0.05, 0) is 43.2 Å². The molecule has 2 aromatic carbocycles. The van der Waals surface area contributed by atoms with Crippen LogP contribution in [0.2, 0.25) is 5.02 Å². The second-order valence-electron chi connectivity index (χ2n) is 7.41. The lowest BCUT2D eigenvalue weighted by Crippen LogP contribution is -2.50. The fourth-order valence-corrected chi connectivity index (χ4v) is 5.48. The highest BCUT2D eigenvalue weighted by atomic mass is 35.5. The first-order chi connectivity index (χ1) is 14.1. The summed E-state index contributed by atoms with van der Waals surface area (Å²) in [6.07, 6.45) is 0.814. The molecule has 0 unspecified atom stereocenters. The van der Waals surface area contributed by atoms with Crippen LogP contribution >= 0.6 is 11.6 Å². The van der Waals surface area contributed by atoms with Crippen LogP contribution in [0.25, 0.3) is 0 Å². The van der Waals surface area contributed by atoms with Gasteiger partial charge in [-0.15, -0.1) is 0 Å². The zero-order valence-electron chi connectivity index (χ0n) is 16.0. The topological polar surface area (TPSA) is 89.7 Å². The van der Waals surface area contributed by atoms with E-state index in [1.165, 1.54) is 0 Å². The third-order valence-corrected chi connectivity index (χ3v) is 7.14. The number of nitrogens with zero attached hydrogens (tertiary/aromatic N) is 1. The van der Waals surface area contributed by atoms with E-state index in [1.807, 2.05) is 0 Å². The average Bonchev–Trinajstić information content (AvgIpc) is 2.66. The zero-order chi connectivity index (χ0) is 21.9. The highest BCUT2D eigenvalue weighted by molar-refractivity contribution is 7.89. The number of hydrogen-bond acceptors (Lipinski definition) is 4. The van der Waals surface area contributed by atoms with Crippen LogP contribution in [0.1, 0.15) is 19.3 Å². The van der Waals surface area contributed by atoms with Crippen molar-refractivity contribution in [3.05, 3.63) is 59.1 Å². The van der Waals surface area contributed by atoms with Crippen molar-refractivity contribution in [1.29, 1.82) is 0 Å². The van der Waals surface area contributed by atoms with E-state index >= 15 is 0 Å². The molecule has 10 heteroatoms. The molecule has 3 rings (SSSR count). The molecule has 0 saturated carbocycles. The van der Waals surface area contributed by atoms with Crippen LogP contribution in [0.3, 0.4) is 0 Å². The maximum Gasteiger partial charge on any atom is 0.246 e. The van der Waals surface area contributed by atoms with Crippen LogP contribution in [0.5, 0.6) is 5.75 Å². The molecule has 1 heterocycles. The van der Waals surface area contributed by atoms with Crippen molar-refractivity contribution in [1.82, 2.24) is 4.31 Å². The van der Waals surface area contributed by atoms with Crippen LogP contribution in [0.15, 0.2) is 47.4 Å². The largest absolute Gasteiger partial charge is 0.493 e. The van der Waals surface area contributed by atoms with E-state index < -0.39 is 37.9 Å². The lowest BCUT2D eigenvalue weighted by atomic mass is 9.78. The summed E-state index contributed by atoms with van der Waals surface area (Å²) in [5.74, 6) is -2.17. The smallest absolute Gasteiger partial charge is 0.246 e. The molecular weight excluding hydrogens is 438 g/mol. The number of carbonyl (C=O) groups is 1. The predicted molar refractivity (Wildman–Crippen MR) is 108 cm³/mol. The monoisotopic (exact) mass is 458 g/mol. The van der Waals surface area contributed by atoms with Crippen molar-refractivity contribution in [2.24, 2.45) is 11.1 Å². The predicted octanol–water partition coefficient (Wildman–Crippen LogP) is 3.34. The van der Waals surface area contributed by atoms with Gasteiger partial charge in [0, 0.05) is 36.0 Å². The third kappa shape index (κ3) is 5.08. The molecule has 2 aromatic rings. The minimum Gasteiger partial charge on any atom is -0.493 e. The Morgan fingerprint density at radius 3 is 2.67 bits per heavy atom. The Hall–Kier alpha value is -2.23. The van der Waals surface area contributed by atoms with E-state index in [1.54, 1.807) is 24.3 Å². The molecule has 0 bridgehead atoms.